The Morgan fingerprint density at radius 1 is 1.19 bits per heavy atom. The number of nitrogens with zero attached hydrogens (tertiary/aromatic N) is 1. The van der Waals surface area contributed by atoms with Crippen LogP contribution in [-0.2, 0) is 20.9 Å². The second kappa shape index (κ2) is 8.07. The number of aliphatic carboxylic acids is 1. The smallest absolute Gasteiger partial charge is 0.410 e. The Kier molecular flexibility index (Phi) is 6.07. The van der Waals surface area contributed by atoms with Crippen molar-refractivity contribution in [3.05, 3.63) is 35.9 Å². The second-order valence-electron chi connectivity index (χ2n) is 7.14. The fourth-order valence-corrected chi connectivity index (χ4v) is 2.59. The van der Waals surface area contributed by atoms with Gasteiger partial charge in [0.1, 0.15) is 12.2 Å². The maximum Gasteiger partial charge on any atom is 0.410 e. The molecule has 8 heteroatoms. The molecule has 2 unspecified atom stereocenters. The number of carbonyl (C=O) groups excluding carboxylic acids is 2. The van der Waals surface area contributed by atoms with E-state index in [-0.39, 0.29) is 19.7 Å². The maximum absolute atomic E-state index is 12.1. The molecule has 1 aromatic rings. The zero-order valence-electron chi connectivity index (χ0n) is 15.1. The molecule has 2 atom stereocenters. The summed E-state index contributed by atoms with van der Waals surface area (Å²) in [6.07, 6.45) is -1.33. The summed E-state index contributed by atoms with van der Waals surface area (Å²) in [7, 11) is 0. The predicted molar refractivity (Wildman–Crippen MR) is 92.5 cm³/mol. The molecule has 1 aromatic carbocycles. The van der Waals surface area contributed by atoms with Crippen LogP contribution >= 0.6 is 0 Å². The van der Waals surface area contributed by atoms with E-state index < -0.39 is 35.7 Å². The summed E-state index contributed by atoms with van der Waals surface area (Å²) < 4.78 is 10.4. The summed E-state index contributed by atoms with van der Waals surface area (Å²) >= 11 is 0. The zero-order chi connectivity index (χ0) is 19.3. The van der Waals surface area contributed by atoms with E-state index in [1.54, 1.807) is 20.8 Å². The van der Waals surface area contributed by atoms with Crippen LogP contribution in [0.5, 0.6) is 0 Å². The van der Waals surface area contributed by atoms with Gasteiger partial charge in [0.25, 0.3) is 0 Å². The predicted octanol–water partition coefficient (Wildman–Crippen LogP) is 2.23. The number of carboxylic acid groups (broad SMARTS) is 1. The van der Waals surface area contributed by atoms with Crippen molar-refractivity contribution in [3.8, 4) is 0 Å². The Labute approximate surface area is 152 Å². The van der Waals surface area contributed by atoms with Gasteiger partial charge >= 0.3 is 18.2 Å². The Balaban J connectivity index is 1.92. The molecule has 0 aromatic heterocycles. The molecule has 1 heterocycles. The lowest BCUT2D eigenvalue weighted by atomic mass is 10.0. The fraction of sp³-hybridized carbons (Fsp3) is 0.500. The fourth-order valence-electron chi connectivity index (χ4n) is 2.59. The molecular weight excluding hydrogens is 340 g/mol. The largest absolute Gasteiger partial charge is 0.481 e. The first-order valence-corrected chi connectivity index (χ1v) is 8.33. The first kappa shape index (κ1) is 19.6. The van der Waals surface area contributed by atoms with E-state index in [9.17, 15) is 19.5 Å². The number of hydrogen-bond acceptors (Lipinski definition) is 5. The molecule has 1 saturated heterocycles. The van der Waals surface area contributed by atoms with Crippen molar-refractivity contribution >= 4 is 18.2 Å². The Hall–Kier alpha value is -2.77. The quantitative estimate of drug-likeness (QED) is 0.849. The van der Waals surface area contributed by atoms with E-state index in [2.05, 4.69) is 5.32 Å². The number of amides is 2. The van der Waals surface area contributed by atoms with Gasteiger partial charge in [0, 0.05) is 13.1 Å². The summed E-state index contributed by atoms with van der Waals surface area (Å²) in [5, 5.41) is 11.9. The van der Waals surface area contributed by atoms with Gasteiger partial charge in [0.15, 0.2) is 0 Å². The van der Waals surface area contributed by atoms with Crippen molar-refractivity contribution in [1.82, 2.24) is 10.2 Å². The summed E-state index contributed by atoms with van der Waals surface area (Å²) in [4.78, 5) is 36.9. The lowest BCUT2D eigenvalue weighted by molar-refractivity contribution is -0.141. The molecule has 0 radical (unpaired) electrons. The lowest BCUT2D eigenvalue weighted by Crippen LogP contribution is -2.43. The van der Waals surface area contributed by atoms with Crippen LogP contribution in [0.4, 0.5) is 9.59 Å². The third kappa shape index (κ3) is 5.65. The summed E-state index contributed by atoms with van der Waals surface area (Å²) in [6.45, 7) is 5.28. The van der Waals surface area contributed by atoms with Gasteiger partial charge in [0.05, 0.1) is 12.0 Å². The molecular formula is C18H24N2O6. The normalized spacial score (nSPS) is 19.7. The number of ether oxygens (including phenoxy) is 2. The topological polar surface area (TPSA) is 105 Å². The molecule has 1 fully saturated rings. The minimum absolute atomic E-state index is 0.0339. The van der Waals surface area contributed by atoms with Crippen LogP contribution in [-0.4, -0.2) is 52.9 Å². The van der Waals surface area contributed by atoms with Gasteiger partial charge in [-0.25, -0.2) is 9.59 Å². The van der Waals surface area contributed by atoms with Crippen LogP contribution in [0, 0.1) is 5.92 Å². The van der Waals surface area contributed by atoms with Gasteiger partial charge in [-0.3, -0.25) is 4.79 Å². The van der Waals surface area contributed by atoms with E-state index >= 15 is 0 Å². The Morgan fingerprint density at radius 2 is 1.85 bits per heavy atom. The maximum atomic E-state index is 12.1. The number of alkyl carbamates (subject to hydrolysis) is 1. The molecule has 8 nitrogen and oxygen atoms in total. The van der Waals surface area contributed by atoms with E-state index in [0.29, 0.717) is 0 Å². The van der Waals surface area contributed by atoms with Crippen LogP contribution < -0.4 is 5.32 Å². The number of likely N-dealkylation sites (tertiary alicyclic amines) is 1. The standard InChI is InChI=1S/C18H24N2O6/c1-18(2,3)26-17(24)20-9-13(15(21)22)14(10-20)19-16(23)25-11-12-7-5-4-6-8-12/h4-8,13-14H,9-11H2,1-3H3,(H,19,23)(H,21,22). The van der Waals surface area contributed by atoms with Gasteiger partial charge in [0.2, 0.25) is 0 Å². The molecule has 0 bridgehead atoms. The number of rotatable bonds is 4. The highest BCUT2D eigenvalue weighted by Crippen LogP contribution is 2.20. The number of carboxylic acids is 1. The minimum Gasteiger partial charge on any atom is -0.481 e. The van der Waals surface area contributed by atoms with Crippen molar-refractivity contribution in [3.63, 3.8) is 0 Å². The molecule has 2 rings (SSSR count). The van der Waals surface area contributed by atoms with E-state index in [4.69, 9.17) is 9.47 Å². The van der Waals surface area contributed by atoms with Crippen molar-refractivity contribution < 1.29 is 29.0 Å². The van der Waals surface area contributed by atoms with Crippen LogP contribution in [0.25, 0.3) is 0 Å². The zero-order valence-corrected chi connectivity index (χ0v) is 15.1. The van der Waals surface area contributed by atoms with Crippen LogP contribution in [0.1, 0.15) is 26.3 Å². The van der Waals surface area contributed by atoms with Gasteiger partial charge in [-0.05, 0) is 26.3 Å². The molecule has 1 aliphatic heterocycles. The van der Waals surface area contributed by atoms with Gasteiger partial charge in [-0.2, -0.15) is 0 Å². The third-order valence-corrected chi connectivity index (χ3v) is 3.80. The lowest BCUT2D eigenvalue weighted by Gasteiger charge is -2.24. The Morgan fingerprint density at radius 3 is 2.42 bits per heavy atom. The van der Waals surface area contributed by atoms with Crippen LogP contribution in [0.15, 0.2) is 30.3 Å². The van der Waals surface area contributed by atoms with E-state index in [1.807, 2.05) is 30.3 Å². The van der Waals surface area contributed by atoms with Gasteiger partial charge < -0.3 is 24.8 Å². The highest BCUT2D eigenvalue weighted by atomic mass is 16.6. The average molecular weight is 364 g/mol. The third-order valence-electron chi connectivity index (χ3n) is 3.80. The number of hydrogen-bond donors (Lipinski definition) is 2. The first-order chi connectivity index (χ1) is 12.2. The molecule has 0 saturated carbocycles. The van der Waals surface area contributed by atoms with Gasteiger partial charge in [-0.1, -0.05) is 30.3 Å². The van der Waals surface area contributed by atoms with Crippen LogP contribution in [0.3, 0.4) is 0 Å². The summed E-state index contributed by atoms with van der Waals surface area (Å²) in [5.74, 6) is -2.02. The van der Waals surface area contributed by atoms with E-state index in [1.165, 1.54) is 4.90 Å². The first-order valence-electron chi connectivity index (χ1n) is 8.33. The van der Waals surface area contributed by atoms with Crippen LogP contribution in [0.2, 0.25) is 0 Å². The number of nitrogens with one attached hydrogen (secondary N) is 1. The molecule has 0 spiro atoms. The molecule has 142 valence electrons. The molecule has 2 amide bonds. The minimum atomic E-state index is -1.09. The van der Waals surface area contributed by atoms with Gasteiger partial charge in [-0.15, -0.1) is 0 Å². The second-order valence-corrected chi connectivity index (χ2v) is 7.14. The Bertz CT molecular complexity index is 655. The molecule has 1 aliphatic rings. The number of carbonyl (C=O) groups is 3. The summed E-state index contributed by atoms with van der Waals surface area (Å²) in [6, 6.07) is 8.38. The molecule has 26 heavy (non-hydrogen) atoms. The summed E-state index contributed by atoms with van der Waals surface area (Å²) in [5.41, 5.74) is 0.134. The highest BCUT2D eigenvalue weighted by molar-refractivity contribution is 5.77. The average Bonchev–Trinajstić information content (AvgIpc) is 2.96. The SMILES string of the molecule is CC(C)(C)OC(=O)N1CC(NC(=O)OCc2ccccc2)C(C(=O)O)C1. The van der Waals surface area contributed by atoms with Crippen molar-refractivity contribution in [1.29, 1.82) is 0 Å². The van der Waals surface area contributed by atoms with Crippen molar-refractivity contribution in [2.75, 3.05) is 13.1 Å². The van der Waals surface area contributed by atoms with Crippen molar-refractivity contribution in [2.45, 2.75) is 39.0 Å². The van der Waals surface area contributed by atoms with E-state index in [0.717, 1.165) is 5.56 Å². The van der Waals surface area contributed by atoms with Crippen molar-refractivity contribution in [2.24, 2.45) is 5.92 Å². The highest BCUT2D eigenvalue weighted by Gasteiger charge is 2.42. The monoisotopic (exact) mass is 364 g/mol. The molecule has 0 aliphatic carbocycles. The number of benzene rings is 1. The molecule has 2 N–H and O–H groups in total.